The molecule has 0 aliphatic carbocycles. The molecule has 158 valence electrons. The molecule has 2 heterocycles. The maximum absolute atomic E-state index is 12.0. The molecular weight excluding hydrogens is 394 g/mol. The van der Waals surface area contributed by atoms with E-state index in [1.54, 1.807) is 0 Å². The third kappa shape index (κ3) is 4.65. The number of sulfonamides is 1. The van der Waals surface area contributed by atoms with Gasteiger partial charge >= 0.3 is 0 Å². The SMILES string of the molecule is CC(C)c1cc2n(n1)[C@@H](Cc1cccc(-c3ccccc3)c1)[C@@H](NS(C)(=O)=O)CC2. The first kappa shape index (κ1) is 20.8. The first-order chi connectivity index (χ1) is 14.3. The van der Waals surface area contributed by atoms with Gasteiger partial charge in [-0.1, -0.05) is 68.4 Å². The van der Waals surface area contributed by atoms with E-state index in [1.807, 2.05) is 18.2 Å². The Bertz CT molecular complexity index is 1120. The van der Waals surface area contributed by atoms with Crippen LogP contribution in [-0.2, 0) is 22.9 Å². The number of benzene rings is 2. The maximum Gasteiger partial charge on any atom is 0.209 e. The predicted octanol–water partition coefficient (Wildman–Crippen LogP) is 4.32. The third-order valence-electron chi connectivity index (χ3n) is 5.76. The first-order valence-corrected chi connectivity index (χ1v) is 12.4. The monoisotopic (exact) mass is 423 g/mol. The highest BCUT2D eigenvalue weighted by atomic mass is 32.2. The van der Waals surface area contributed by atoms with Gasteiger partial charge in [0.1, 0.15) is 0 Å². The summed E-state index contributed by atoms with van der Waals surface area (Å²) in [6, 6.07) is 20.8. The number of aryl methyl sites for hydroxylation is 1. The van der Waals surface area contributed by atoms with Crippen LogP contribution in [0.25, 0.3) is 11.1 Å². The highest BCUT2D eigenvalue weighted by Crippen LogP contribution is 2.31. The molecule has 30 heavy (non-hydrogen) atoms. The molecule has 0 saturated heterocycles. The lowest BCUT2D eigenvalue weighted by atomic mass is 9.91. The number of nitrogens with one attached hydrogen (secondary N) is 1. The summed E-state index contributed by atoms with van der Waals surface area (Å²) in [5, 5.41) is 4.87. The highest BCUT2D eigenvalue weighted by Gasteiger charge is 2.33. The summed E-state index contributed by atoms with van der Waals surface area (Å²) in [4.78, 5) is 0. The largest absolute Gasteiger partial charge is 0.264 e. The molecule has 0 unspecified atom stereocenters. The molecule has 1 N–H and O–H groups in total. The lowest BCUT2D eigenvalue weighted by Crippen LogP contribution is -2.45. The van der Waals surface area contributed by atoms with Gasteiger partial charge in [-0.25, -0.2) is 13.1 Å². The van der Waals surface area contributed by atoms with Gasteiger partial charge in [0, 0.05) is 11.7 Å². The van der Waals surface area contributed by atoms with Crippen LogP contribution in [0.4, 0.5) is 0 Å². The van der Waals surface area contributed by atoms with E-state index in [0.29, 0.717) is 5.92 Å². The lowest BCUT2D eigenvalue weighted by molar-refractivity contribution is 0.298. The Morgan fingerprint density at radius 3 is 2.50 bits per heavy atom. The Labute approximate surface area is 179 Å². The van der Waals surface area contributed by atoms with E-state index >= 15 is 0 Å². The second-order valence-electron chi connectivity index (χ2n) is 8.53. The van der Waals surface area contributed by atoms with Gasteiger partial charge in [0.05, 0.1) is 18.0 Å². The van der Waals surface area contributed by atoms with Crippen LogP contribution in [0, 0.1) is 0 Å². The van der Waals surface area contributed by atoms with E-state index in [1.165, 1.54) is 28.6 Å². The van der Waals surface area contributed by atoms with Crippen molar-refractivity contribution in [2.24, 2.45) is 0 Å². The summed E-state index contributed by atoms with van der Waals surface area (Å²) in [5.41, 5.74) is 5.77. The van der Waals surface area contributed by atoms with Gasteiger partial charge in [-0.15, -0.1) is 0 Å². The third-order valence-corrected chi connectivity index (χ3v) is 6.49. The van der Waals surface area contributed by atoms with Crippen molar-refractivity contribution >= 4 is 10.0 Å². The van der Waals surface area contributed by atoms with Gasteiger partial charge in [-0.2, -0.15) is 5.10 Å². The van der Waals surface area contributed by atoms with Gasteiger partial charge in [0.15, 0.2) is 0 Å². The van der Waals surface area contributed by atoms with Crippen LogP contribution >= 0.6 is 0 Å². The van der Waals surface area contributed by atoms with Crippen molar-refractivity contribution in [2.45, 2.75) is 51.1 Å². The molecule has 2 atom stereocenters. The molecular formula is C24H29N3O2S. The smallest absolute Gasteiger partial charge is 0.209 e. The summed E-state index contributed by atoms with van der Waals surface area (Å²) in [7, 11) is -3.30. The average molecular weight is 424 g/mol. The Morgan fingerprint density at radius 1 is 1.07 bits per heavy atom. The number of hydrogen-bond acceptors (Lipinski definition) is 3. The topological polar surface area (TPSA) is 64.0 Å². The molecule has 1 aliphatic heterocycles. The molecule has 0 radical (unpaired) electrons. The van der Waals surface area contributed by atoms with Crippen LogP contribution in [0.3, 0.4) is 0 Å². The number of hydrogen-bond donors (Lipinski definition) is 1. The standard InChI is InChI=1S/C24H29N3O2S/c1-17(2)23-16-21-12-13-22(26-30(3,28)29)24(27(21)25-23)15-18-8-7-11-20(14-18)19-9-5-4-6-10-19/h4-11,14,16-17,22,24,26H,12-13,15H2,1-3H3/t22-,24-/m0/s1. The van der Waals surface area contributed by atoms with Gasteiger partial charge in [0.2, 0.25) is 10.0 Å². The van der Waals surface area contributed by atoms with Crippen LogP contribution in [-0.4, -0.2) is 30.5 Å². The zero-order chi connectivity index (χ0) is 21.3. The summed E-state index contributed by atoms with van der Waals surface area (Å²) in [5.74, 6) is 0.339. The normalized spacial score (nSPS) is 19.1. The Morgan fingerprint density at radius 2 is 1.80 bits per heavy atom. The summed E-state index contributed by atoms with van der Waals surface area (Å²) in [6.45, 7) is 4.28. The van der Waals surface area contributed by atoms with Gasteiger partial charge in [0.25, 0.3) is 0 Å². The second kappa shape index (κ2) is 8.36. The van der Waals surface area contributed by atoms with Crippen LogP contribution in [0.5, 0.6) is 0 Å². The lowest BCUT2D eigenvalue weighted by Gasteiger charge is -2.33. The van der Waals surface area contributed by atoms with E-state index in [4.69, 9.17) is 5.10 Å². The number of rotatable bonds is 6. The predicted molar refractivity (Wildman–Crippen MR) is 121 cm³/mol. The molecule has 0 fully saturated rings. The van der Waals surface area contributed by atoms with Crippen LogP contribution in [0.1, 0.15) is 49.2 Å². The molecule has 2 aromatic carbocycles. The quantitative estimate of drug-likeness (QED) is 0.642. The Hall–Kier alpha value is -2.44. The Kier molecular flexibility index (Phi) is 5.80. The number of aromatic nitrogens is 2. The van der Waals surface area contributed by atoms with Crippen molar-refractivity contribution in [1.82, 2.24) is 14.5 Å². The second-order valence-corrected chi connectivity index (χ2v) is 10.3. The number of fused-ring (bicyclic) bond motifs is 1. The van der Waals surface area contributed by atoms with E-state index < -0.39 is 10.0 Å². The van der Waals surface area contributed by atoms with Crippen LogP contribution in [0.2, 0.25) is 0 Å². The van der Waals surface area contributed by atoms with Crippen molar-refractivity contribution in [1.29, 1.82) is 0 Å². The fourth-order valence-corrected chi connectivity index (χ4v) is 5.09. The molecule has 6 heteroatoms. The minimum absolute atomic E-state index is 0.0537. The number of nitrogens with zero attached hydrogens (tertiary/aromatic N) is 2. The average Bonchev–Trinajstić information content (AvgIpc) is 3.15. The first-order valence-electron chi connectivity index (χ1n) is 10.5. The maximum atomic E-state index is 12.0. The van der Waals surface area contributed by atoms with Gasteiger partial charge in [-0.3, -0.25) is 4.68 Å². The molecule has 1 aliphatic rings. The van der Waals surface area contributed by atoms with Crippen LogP contribution < -0.4 is 4.72 Å². The van der Waals surface area contributed by atoms with E-state index in [2.05, 4.69) is 65.7 Å². The minimum atomic E-state index is -3.30. The fraction of sp³-hybridized carbons (Fsp3) is 0.375. The molecule has 3 aromatic rings. The molecule has 0 amide bonds. The Balaban J connectivity index is 1.69. The van der Waals surface area contributed by atoms with Gasteiger partial charge in [-0.05, 0) is 47.9 Å². The summed E-state index contributed by atoms with van der Waals surface area (Å²) >= 11 is 0. The van der Waals surface area contributed by atoms with Crippen molar-refractivity contribution in [3.63, 3.8) is 0 Å². The zero-order valence-electron chi connectivity index (χ0n) is 17.7. The molecule has 5 nitrogen and oxygen atoms in total. The van der Waals surface area contributed by atoms with Crippen molar-refractivity contribution in [3.8, 4) is 11.1 Å². The molecule has 0 saturated carbocycles. The summed E-state index contributed by atoms with van der Waals surface area (Å²) in [6.07, 6.45) is 3.56. The van der Waals surface area contributed by atoms with Crippen molar-refractivity contribution < 1.29 is 8.42 Å². The fourth-order valence-electron chi connectivity index (χ4n) is 4.27. The van der Waals surface area contributed by atoms with E-state index in [9.17, 15) is 8.42 Å². The van der Waals surface area contributed by atoms with Crippen LogP contribution in [0.15, 0.2) is 60.7 Å². The summed E-state index contributed by atoms with van der Waals surface area (Å²) < 4.78 is 29.0. The highest BCUT2D eigenvalue weighted by molar-refractivity contribution is 7.88. The minimum Gasteiger partial charge on any atom is -0.264 e. The van der Waals surface area contributed by atoms with E-state index in [-0.39, 0.29) is 12.1 Å². The van der Waals surface area contributed by atoms with E-state index in [0.717, 1.165) is 25.0 Å². The van der Waals surface area contributed by atoms with Crippen molar-refractivity contribution in [2.75, 3.05) is 6.26 Å². The zero-order valence-corrected chi connectivity index (χ0v) is 18.6. The molecule has 4 rings (SSSR count). The van der Waals surface area contributed by atoms with Gasteiger partial charge < -0.3 is 0 Å². The molecule has 1 aromatic heterocycles. The molecule has 0 bridgehead atoms. The van der Waals surface area contributed by atoms with Crippen molar-refractivity contribution in [3.05, 3.63) is 77.6 Å². The molecule has 0 spiro atoms.